The number of nitrogens with zero attached hydrogens (tertiary/aromatic N) is 2. The molecule has 0 unspecified atom stereocenters. The Bertz CT molecular complexity index is 877. The summed E-state index contributed by atoms with van der Waals surface area (Å²) in [5.41, 5.74) is 1.83. The first-order valence-corrected chi connectivity index (χ1v) is 8.35. The van der Waals surface area contributed by atoms with Crippen molar-refractivity contribution in [2.45, 2.75) is 12.8 Å². The van der Waals surface area contributed by atoms with Gasteiger partial charge >= 0.3 is 0 Å². The van der Waals surface area contributed by atoms with Crippen molar-refractivity contribution in [3.05, 3.63) is 66.7 Å². The zero-order valence-electron chi connectivity index (χ0n) is 13.6. The molecule has 1 fully saturated rings. The highest BCUT2D eigenvalue weighted by Gasteiger charge is 2.30. The molecular weight excluding hydrogens is 312 g/mol. The molecule has 2 aromatic carbocycles. The number of rotatable bonds is 5. The zero-order valence-corrected chi connectivity index (χ0v) is 13.6. The lowest BCUT2D eigenvalue weighted by molar-refractivity contribution is -0.117. The first kappa shape index (κ1) is 15.3. The van der Waals surface area contributed by atoms with Gasteiger partial charge in [0.05, 0.1) is 0 Å². The molecule has 5 nitrogen and oxygen atoms in total. The number of nitrogens with one attached hydrogen (secondary N) is 2. The van der Waals surface area contributed by atoms with Gasteiger partial charge in [0, 0.05) is 23.2 Å². The van der Waals surface area contributed by atoms with Crippen molar-refractivity contribution in [2.75, 3.05) is 10.6 Å². The fraction of sp³-hybridized carbons (Fsp3) is 0.150. The minimum Gasteiger partial charge on any atom is -0.340 e. The Morgan fingerprint density at radius 1 is 0.880 bits per heavy atom. The van der Waals surface area contributed by atoms with E-state index in [9.17, 15) is 4.79 Å². The fourth-order valence-electron chi connectivity index (χ4n) is 2.53. The van der Waals surface area contributed by atoms with Crippen molar-refractivity contribution in [3.63, 3.8) is 0 Å². The van der Waals surface area contributed by atoms with Crippen LogP contribution in [0.15, 0.2) is 66.7 Å². The molecule has 4 rings (SSSR count). The molecule has 5 heteroatoms. The number of hydrogen-bond donors (Lipinski definition) is 2. The molecule has 3 aromatic rings. The minimum absolute atomic E-state index is 0.0309. The monoisotopic (exact) mass is 330 g/mol. The maximum absolute atomic E-state index is 12.1. The quantitative estimate of drug-likeness (QED) is 0.734. The van der Waals surface area contributed by atoms with E-state index in [2.05, 4.69) is 20.6 Å². The van der Waals surface area contributed by atoms with Crippen molar-refractivity contribution >= 4 is 23.2 Å². The van der Waals surface area contributed by atoms with E-state index in [1.54, 1.807) is 6.07 Å². The third-order valence-electron chi connectivity index (χ3n) is 4.00. The highest BCUT2D eigenvalue weighted by atomic mass is 16.2. The van der Waals surface area contributed by atoms with Gasteiger partial charge in [0.15, 0.2) is 5.82 Å². The summed E-state index contributed by atoms with van der Waals surface area (Å²) in [4.78, 5) is 21.2. The van der Waals surface area contributed by atoms with Crippen molar-refractivity contribution in [1.29, 1.82) is 0 Å². The molecule has 1 aliphatic rings. The third kappa shape index (κ3) is 3.83. The molecule has 1 aliphatic carbocycles. The second-order valence-electron chi connectivity index (χ2n) is 6.08. The van der Waals surface area contributed by atoms with E-state index in [0.29, 0.717) is 17.5 Å². The molecule has 0 saturated heterocycles. The molecule has 25 heavy (non-hydrogen) atoms. The summed E-state index contributed by atoms with van der Waals surface area (Å²) in [7, 11) is 0. The lowest BCUT2D eigenvalue weighted by atomic mass is 10.2. The lowest BCUT2D eigenvalue weighted by Crippen LogP contribution is -2.15. The number of anilines is 3. The van der Waals surface area contributed by atoms with Crippen LogP contribution in [0, 0.1) is 5.92 Å². The van der Waals surface area contributed by atoms with E-state index in [4.69, 9.17) is 0 Å². The second kappa shape index (κ2) is 6.73. The molecule has 1 amide bonds. The van der Waals surface area contributed by atoms with Crippen LogP contribution in [0.1, 0.15) is 12.8 Å². The molecule has 2 N–H and O–H groups in total. The summed E-state index contributed by atoms with van der Waals surface area (Å²) in [5.74, 6) is 1.90. The van der Waals surface area contributed by atoms with Gasteiger partial charge in [-0.3, -0.25) is 4.79 Å². The standard InChI is InChI=1S/C20H18N4O/c25-20(15-11-12-15)24-18-13-17(21-16-9-5-2-6-10-16)22-19(23-18)14-7-3-1-4-8-14/h1-10,13,15H,11-12H2,(H2,21,22,23,24,25). The molecule has 0 bridgehead atoms. The van der Waals surface area contributed by atoms with E-state index >= 15 is 0 Å². The number of carbonyl (C=O) groups excluding carboxylic acids is 1. The van der Waals surface area contributed by atoms with E-state index < -0.39 is 0 Å². The normalized spacial score (nSPS) is 13.3. The molecule has 0 spiro atoms. The predicted octanol–water partition coefficient (Wildman–Crippen LogP) is 4.24. The van der Waals surface area contributed by atoms with Crippen molar-refractivity contribution in [1.82, 2.24) is 9.97 Å². The number of benzene rings is 2. The largest absolute Gasteiger partial charge is 0.340 e. The molecule has 1 heterocycles. The molecule has 0 radical (unpaired) electrons. The molecule has 0 atom stereocenters. The van der Waals surface area contributed by atoms with E-state index in [0.717, 1.165) is 24.1 Å². The van der Waals surface area contributed by atoms with Gasteiger partial charge in [-0.2, -0.15) is 0 Å². The maximum Gasteiger partial charge on any atom is 0.228 e. The van der Waals surface area contributed by atoms with Gasteiger partial charge in [0.25, 0.3) is 0 Å². The van der Waals surface area contributed by atoms with Crippen LogP contribution < -0.4 is 10.6 Å². The van der Waals surface area contributed by atoms with Crippen LogP contribution in [0.2, 0.25) is 0 Å². The summed E-state index contributed by atoms with van der Waals surface area (Å²) < 4.78 is 0. The van der Waals surface area contributed by atoms with E-state index in [1.165, 1.54) is 0 Å². The highest BCUT2D eigenvalue weighted by Crippen LogP contribution is 2.30. The number of aromatic nitrogens is 2. The van der Waals surface area contributed by atoms with Gasteiger partial charge in [0.2, 0.25) is 5.91 Å². The Labute approximate surface area is 146 Å². The molecule has 1 aromatic heterocycles. The average molecular weight is 330 g/mol. The topological polar surface area (TPSA) is 66.9 Å². The third-order valence-corrected chi connectivity index (χ3v) is 4.00. The van der Waals surface area contributed by atoms with Gasteiger partial charge in [-0.1, -0.05) is 48.5 Å². The number of carbonyl (C=O) groups is 1. The Morgan fingerprint density at radius 2 is 1.52 bits per heavy atom. The zero-order chi connectivity index (χ0) is 17.1. The first-order valence-electron chi connectivity index (χ1n) is 8.35. The van der Waals surface area contributed by atoms with Crippen molar-refractivity contribution < 1.29 is 4.79 Å². The van der Waals surface area contributed by atoms with Crippen molar-refractivity contribution in [2.24, 2.45) is 5.92 Å². The first-order chi connectivity index (χ1) is 12.3. The Kier molecular flexibility index (Phi) is 4.12. The Morgan fingerprint density at radius 3 is 2.20 bits per heavy atom. The van der Waals surface area contributed by atoms with Gasteiger partial charge in [-0.05, 0) is 25.0 Å². The highest BCUT2D eigenvalue weighted by molar-refractivity contribution is 5.93. The Hall–Kier alpha value is -3.21. The van der Waals surface area contributed by atoms with Crippen LogP contribution in [-0.4, -0.2) is 15.9 Å². The SMILES string of the molecule is O=C(Nc1cc(Nc2ccccc2)nc(-c2ccccc2)n1)C1CC1. The lowest BCUT2D eigenvalue weighted by Gasteiger charge is -2.11. The summed E-state index contributed by atoms with van der Waals surface area (Å²) in [6.45, 7) is 0. The van der Waals surface area contributed by atoms with Crippen LogP contribution >= 0.6 is 0 Å². The molecule has 124 valence electrons. The smallest absolute Gasteiger partial charge is 0.228 e. The minimum atomic E-state index is 0.0309. The van der Waals surface area contributed by atoms with Crippen LogP contribution in [0.3, 0.4) is 0 Å². The molecule has 0 aliphatic heterocycles. The van der Waals surface area contributed by atoms with Crippen LogP contribution in [0.25, 0.3) is 11.4 Å². The summed E-state index contributed by atoms with van der Waals surface area (Å²) in [5, 5.41) is 6.18. The molecule has 1 saturated carbocycles. The van der Waals surface area contributed by atoms with Crippen LogP contribution in [0.4, 0.5) is 17.3 Å². The number of hydrogen-bond acceptors (Lipinski definition) is 4. The summed E-state index contributed by atoms with van der Waals surface area (Å²) >= 11 is 0. The second-order valence-corrected chi connectivity index (χ2v) is 6.08. The summed E-state index contributed by atoms with van der Waals surface area (Å²) in [6, 6.07) is 21.3. The summed E-state index contributed by atoms with van der Waals surface area (Å²) in [6.07, 6.45) is 1.91. The predicted molar refractivity (Wildman–Crippen MR) is 98.5 cm³/mol. The van der Waals surface area contributed by atoms with Gasteiger partial charge in [-0.25, -0.2) is 9.97 Å². The van der Waals surface area contributed by atoms with E-state index in [1.807, 2.05) is 60.7 Å². The molecular formula is C20H18N4O. The van der Waals surface area contributed by atoms with Gasteiger partial charge in [0.1, 0.15) is 11.6 Å². The van der Waals surface area contributed by atoms with Gasteiger partial charge in [-0.15, -0.1) is 0 Å². The number of amides is 1. The fourth-order valence-corrected chi connectivity index (χ4v) is 2.53. The Balaban J connectivity index is 1.68. The average Bonchev–Trinajstić information content (AvgIpc) is 3.48. The van der Waals surface area contributed by atoms with Crippen LogP contribution in [-0.2, 0) is 4.79 Å². The maximum atomic E-state index is 12.1. The van der Waals surface area contributed by atoms with Gasteiger partial charge < -0.3 is 10.6 Å². The van der Waals surface area contributed by atoms with E-state index in [-0.39, 0.29) is 11.8 Å². The van der Waals surface area contributed by atoms with Crippen LogP contribution in [0.5, 0.6) is 0 Å². The van der Waals surface area contributed by atoms with Crippen molar-refractivity contribution in [3.8, 4) is 11.4 Å². The number of para-hydroxylation sites is 1.